The molecule has 0 spiro atoms. The van der Waals surface area contributed by atoms with E-state index in [-0.39, 0.29) is 17.2 Å². The predicted octanol–water partition coefficient (Wildman–Crippen LogP) is 1.86. The lowest BCUT2D eigenvalue weighted by Gasteiger charge is -2.35. The monoisotopic (exact) mass is 211 g/mol. The van der Waals surface area contributed by atoms with Crippen molar-refractivity contribution in [1.82, 2.24) is 4.90 Å². The number of Topliss-reactive ketones (excluding diaryl/α,β-unsaturated/α-hetero) is 1. The molecule has 0 aliphatic carbocycles. The fourth-order valence-electron chi connectivity index (χ4n) is 1.92. The summed E-state index contributed by atoms with van der Waals surface area (Å²) in [5.74, 6) is 0.536. The molecule has 0 saturated carbocycles. The lowest BCUT2D eigenvalue weighted by Crippen LogP contribution is -2.48. The van der Waals surface area contributed by atoms with Gasteiger partial charge in [0, 0.05) is 30.8 Å². The van der Waals surface area contributed by atoms with E-state index < -0.39 is 0 Å². The summed E-state index contributed by atoms with van der Waals surface area (Å²) >= 11 is 0. The minimum atomic E-state index is -0.335. The molecule has 1 unspecified atom stereocenters. The number of hydrogen-bond donors (Lipinski definition) is 0. The fourth-order valence-corrected chi connectivity index (χ4v) is 1.92. The third-order valence-electron chi connectivity index (χ3n) is 2.95. The van der Waals surface area contributed by atoms with Crippen LogP contribution in [0.25, 0.3) is 0 Å². The summed E-state index contributed by atoms with van der Waals surface area (Å²) in [6.45, 7) is 9.00. The van der Waals surface area contributed by atoms with Crippen LogP contribution in [-0.2, 0) is 9.59 Å². The number of likely N-dealkylation sites (tertiary alicyclic amines) is 1. The molecule has 0 N–H and O–H groups in total. The van der Waals surface area contributed by atoms with E-state index >= 15 is 0 Å². The van der Waals surface area contributed by atoms with Crippen LogP contribution in [0.4, 0.5) is 0 Å². The van der Waals surface area contributed by atoms with E-state index in [1.165, 1.54) is 0 Å². The van der Waals surface area contributed by atoms with Gasteiger partial charge in [0.25, 0.3) is 0 Å². The molecule has 3 heteroatoms. The molecule has 86 valence electrons. The number of amides is 1. The Labute approximate surface area is 91.8 Å². The number of hydrogen-bond acceptors (Lipinski definition) is 2. The van der Waals surface area contributed by atoms with Gasteiger partial charge in [-0.2, -0.15) is 0 Å². The Morgan fingerprint density at radius 1 is 1.47 bits per heavy atom. The van der Waals surface area contributed by atoms with Crippen molar-refractivity contribution in [2.45, 2.75) is 40.5 Å². The summed E-state index contributed by atoms with van der Waals surface area (Å²) in [5, 5.41) is 0. The third-order valence-corrected chi connectivity index (χ3v) is 2.95. The number of carbonyl (C=O) groups excluding carboxylic acids is 2. The Hall–Kier alpha value is -0.860. The molecule has 0 aromatic heterocycles. The fraction of sp³-hybridized carbons (Fsp3) is 0.833. The first-order valence-electron chi connectivity index (χ1n) is 5.68. The van der Waals surface area contributed by atoms with E-state index in [4.69, 9.17) is 0 Å². The van der Waals surface area contributed by atoms with Gasteiger partial charge in [0.1, 0.15) is 5.78 Å². The van der Waals surface area contributed by atoms with Crippen LogP contribution >= 0.6 is 0 Å². The Morgan fingerprint density at radius 2 is 2.07 bits per heavy atom. The highest BCUT2D eigenvalue weighted by Crippen LogP contribution is 2.23. The summed E-state index contributed by atoms with van der Waals surface area (Å²) in [4.78, 5) is 25.4. The summed E-state index contributed by atoms with van der Waals surface area (Å²) < 4.78 is 0. The van der Waals surface area contributed by atoms with Crippen LogP contribution in [0.3, 0.4) is 0 Å². The zero-order valence-electron chi connectivity index (χ0n) is 10.2. The molecule has 1 rings (SSSR count). The van der Waals surface area contributed by atoms with Crippen molar-refractivity contribution in [3.05, 3.63) is 0 Å². The molecular formula is C12H21NO2. The van der Waals surface area contributed by atoms with E-state index in [0.717, 1.165) is 6.42 Å². The molecule has 1 amide bonds. The molecule has 1 fully saturated rings. The van der Waals surface area contributed by atoms with Crippen molar-refractivity contribution in [2.75, 3.05) is 13.1 Å². The zero-order valence-corrected chi connectivity index (χ0v) is 10.2. The minimum Gasteiger partial charge on any atom is -0.341 e. The van der Waals surface area contributed by atoms with Gasteiger partial charge < -0.3 is 4.90 Å². The molecule has 15 heavy (non-hydrogen) atoms. The SMILES string of the molecule is CCC1CN(C(=O)C(C)(C)C)CCC1=O. The smallest absolute Gasteiger partial charge is 0.227 e. The van der Waals surface area contributed by atoms with Gasteiger partial charge >= 0.3 is 0 Å². The first kappa shape index (κ1) is 12.2. The molecule has 0 radical (unpaired) electrons. The lowest BCUT2D eigenvalue weighted by atomic mass is 9.89. The Kier molecular flexibility index (Phi) is 3.53. The Morgan fingerprint density at radius 3 is 2.53 bits per heavy atom. The van der Waals surface area contributed by atoms with E-state index in [2.05, 4.69) is 0 Å². The van der Waals surface area contributed by atoms with E-state index in [1.54, 1.807) is 0 Å². The summed E-state index contributed by atoms with van der Waals surface area (Å²) in [5.41, 5.74) is -0.335. The molecule has 1 aliphatic rings. The van der Waals surface area contributed by atoms with Crippen molar-refractivity contribution >= 4 is 11.7 Å². The maximum Gasteiger partial charge on any atom is 0.227 e. The largest absolute Gasteiger partial charge is 0.341 e. The van der Waals surface area contributed by atoms with Crippen molar-refractivity contribution < 1.29 is 9.59 Å². The van der Waals surface area contributed by atoms with Gasteiger partial charge in [0.15, 0.2) is 0 Å². The van der Waals surface area contributed by atoms with Crippen molar-refractivity contribution in [3.63, 3.8) is 0 Å². The molecular weight excluding hydrogens is 190 g/mol. The highest BCUT2D eigenvalue weighted by molar-refractivity contribution is 5.87. The number of nitrogens with zero attached hydrogens (tertiary/aromatic N) is 1. The highest BCUT2D eigenvalue weighted by atomic mass is 16.2. The van der Waals surface area contributed by atoms with Gasteiger partial charge in [-0.25, -0.2) is 0 Å². The molecule has 1 heterocycles. The van der Waals surface area contributed by atoms with Crippen molar-refractivity contribution in [2.24, 2.45) is 11.3 Å². The maximum atomic E-state index is 12.0. The molecule has 1 atom stereocenters. The topological polar surface area (TPSA) is 37.4 Å². The van der Waals surface area contributed by atoms with Crippen LogP contribution in [0.1, 0.15) is 40.5 Å². The van der Waals surface area contributed by atoms with E-state index in [0.29, 0.717) is 25.3 Å². The molecule has 1 aliphatic heterocycles. The van der Waals surface area contributed by atoms with Gasteiger partial charge in [-0.15, -0.1) is 0 Å². The first-order valence-corrected chi connectivity index (χ1v) is 5.68. The molecule has 3 nitrogen and oxygen atoms in total. The lowest BCUT2D eigenvalue weighted by molar-refractivity contribution is -0.143. The average Bonchev–Trinajstić information content (AvgIpc) is 2.16. The molecule has 1 saturated heterocycles. The number of piperidine rings is 1. The average molecular weight is 211 g/mol. The predicted molar refractivity (Wildman–Crippen MR) is 59.4 cm³/mol. The van der Waals surface area contributed by atoms with Crippen LogP contribution in [0.15, 0.2) is 0 Å². The normalized spacial score (nSPS) is 23.1. The van der Waals surface area contributed by atoms with Crippen LogP contribution in [0, 0.1) is 11.3 Å². The molecule has 0 bridgehead atoms. The number of ketones is 1. The standard InChI is InChI=1S/C12H21NO2/c1-5-9-8-13(7-6-10(9)14)11(15)12(2,3)4/h9H,5-8H2,1-4H3. The molecule has 0 aromatic rings. The van der Waals surface area contributed by atoms with Gasteiger partial charge in [-0.05, 0) is 6.42 Å². The minimum absolute atomic E-state index is 0.0602. The second-order valence-corrected chi connectivity index (χ2v) is 5.32. The zero-order chi connectivity index (χ0) is 11.6. The van der Waals surface area contributed by atoms with Gasteiger partial charge in [0.2, 0.25) is 5.91 Å². The second kappa shape index (κ2) is 4.33. The van der Waals surface area contributed by atoms with Crippen molar-refractivity contribution in [3.8, 4) is 0 Å². The highest BCUT2D eigenvalue weighted by Gasteiger charge is 2.33. The van der Waals surface area contributed by atoms with Gasteiger partial charge in [0.05, 0.1) is 0 Å². The van der Waals surface area contributed by atoms with Crippen LogP contribution in [0.2, 0.25) is 0 Å². The third kappa shape index (κ3) is 2.80. The van der Waals surface area contributed by atoms with Crippen LogP contribution in [0.5, 0.6) is 0 Å². The quantitative estimate of drug-likeness (QED) is 0.664. The summed E-state index contributed by atoms with van der Waals surface area (Å²) in [6, 6.07) is 0. The first-order chi connectivity index (χ1) is 6.86. The number of carbonyl (C=O) groups is 2. The van der Waals surface area contributed by atoms with Crippen LogP contribution in [-0.4, -0.2) is 29.7 Å². The van der Waals surface area contributed by atoms with E-state index in [9.17, 15) is 9.59 Å². The second-order valence-electron chi connectivity index (χ2n) is 5.32. The number of rotatable bonds is 1. The van der Waals surface area contributed by atoms with E-state index in [1.807, 2.05) is 32.6 Å². The van der Waals surface area contributed by atoms with Gasteiger partial charge in [-0.3, -0.25) is 9.59 Å². The molecule has 0 aromatic carbocycles. The maximum absolute atomic E-state index is 12.0. The van der Waals surface area contributed by atoms with Crippen molar-refractivity contribution in [1.29, 1.82) is 0 Å². The van der Waals surface area contributed by atoms with Gasteiger partial charge in [-0.1, -0.05) is 27.7 Å². The summed E-state index contributed by atoms with van der Waals surface area (Å²) in [7, 11) is 0. The Bertz CT molecular complexity index is 265. The Balaban J connectivity index is 2.67. The van der Waals surface area contributed by atoms with Crippen LogP contribution < -0.4 is 0 Å². The summed E-state index contributed by atoms with van der Waals surface area (Å²) in [6.07, 6.45) is 1.37.